The molecule has 2 rings (SSSR count). The number of aromatic nitrogens is 1. The molecular formula is C17H21N3O2. The molecule has 0 fully saturated rings. The highest BCUT2D eigenvalue weighted by molar-refractivity contribution is 5.92. The summed E-state index contributed by atoms with van der Waals surface area (Å²) in [5.41, 5.74) is 1.73. The van der Waals surface area contributed by atoms with Crippen LogP contribution < -0.4 is 15.4 Å². The first kappa shape index (κ1) is 16.0. The van der Waals surface area contributed by atoms with Crippen molar-refractivity contribution in [3.63, 3.8) is 0 Å². The molecule has 0 spiro atoms. The molecule has 1 aromatic carbocycles. The number of pyridine rings is 1. The maximum Gasteiger partial charge on any atom is 0.228 e. The topological polar surface area (TPSA) is 63.2 Å². The standard InChI is InChI=1S/C17H21N3O2/c1-13(10-18-2)17(21)20-15-6-3-7-16(9-15)22-12-14-5-4-8-19-11-14/h3-9,11,13,18H,10,12H2,1-2H3,(H,20,21). The van der Waals surface area contributed by atoms with Gasteiger partial charge in [0.25, 0.3) is 0 Å². The first-order valence-electron chi connectivity index (χ1n) is 7.26. The molecule has 0 radical (unpaired) electrons. The van der Waals surface area contributed by atoms with E-state index in [1.54, 1.807) is 12.4 Å². The number of nitrogens with zero attached hydrogens (tertiary/aromatic N) is 1. The van der Waals surface area contributed by atoms with Crippen LogP contribution in [0.25, 0.3) is 0 Å². The highest BCUT2D eigenvalue weighted by atomic mass is 16.5. The molecule has 0 saturated carbocycles. The fraction of sp³-hybridized carbons (Fsp3) is 0.294. The fourth-order valence-corrected chi connectivity index (χ4v) is 1.98. The molecule has 0 aliphatic rings. The lowest BCUT2D eigenvalue weighted by Crippen LogP contribution is -2.28. The molecule has 2 aromatic rings. The zero-order valence-corrected chi connectivity index (χ0v) is 12.9. The Morgan fingerprint density at radius 1 is 1.32 bits per heavy atom. The van der Waals surface area contributed by atoms with Crippen molar-refractivity contribution in [1.82, 2.24) is 10.3 Å². The Balaban J connectivity index is 1.93. The Morgan fingerprint density at radius 3 is 2.91 bits per heavy atom. The Labute approximate surface area is 130 Å². The summed E-state index contributed by atoms with van der Waals surface area (Å²) in [6.07, 6.45) is 3.50. The predicted octanol–water partition coefficient (Wildman–Crippen LogP) is 2.45. The molecule has 0 aliphatic carbocycles. The van der Waals surface area contributed by atoms with Crippen LogP contribution in [0.2, 0.25) is 0 Å². The van der Waals surface area contributed by atoms with Gasteiger partial charge in [-0.2, -0.15) is 0 Å². The second-order valence-corrected chi connectivity index (χ2v) is 5.13. The zero-order chi connectivity index (χ0) is 15.8. The summed E-state index contributed by atoms with van der Waals surface area (Å²) in [6, 6.07) is 11.2. The van der Waals surface area contributed by atoms with Gasteiger partial charge in [0, 0.05) is 42.2 Å². The van der Waals surface area contributed by atoms with E-state index in [2.05, 4.69) is 15.6 Å². The molecule has 116 valence electrons. The van der Waals surface area contributed by atoms with Gasteiger partial charge >= 0.3 is 0 Å². The molecule has 0 saturated heterocycles. The molecule has 1 amide bonds. The van der Waals surface area contributed by atoms with Gasteiger partial charge in [-0.05, 0) is 25.2 Å². The molecule has 5 heteroatoms. The van der Waals surface area contributed by atoms with Crippen LogP contribution in [0.4, 0.5) is 5.69 Å². The van der Waals surface area contributed by atoms with E-state index in [-0.39, 0.29) is 11.8 Å². The quantitative estimate of drug-likeness (QED) is 0.824. The van der Waals surface area contributed by atoms with Gasteiger partial charge < -0.3 is 15.4 Å². The third-order valence-electron chi connectivity index (χ3n) is 3.19. The number of hydrogen-bond acceptors (Lipinski definition) is 4. The average molecular weight is 299 g/mol. The minimum absolute atomic E-state index is 0.0150. The van der Waals surface area contributed by atoms with Crippen molar-refractivity contribution in [3.05, 3.63) is 54.4 Å². The van der Waals surface area contributed by atoms with Gasteiger partial charge in [0.15, 0.2) is 0 Å². The predicted molar refractivity (Wildman–Crippen MR) is 86.7 cm³/mol. The molecule has 1 unspecified atom stereocenters. The lowest BCUT2D eigenvalue weighted by molar-refractivity contribution is -0.119. The molecule has 2 N–H and O–H groups in total. The molecule has 1 heterocycles. The summed E-state index contributed by atoms with van der Waals surface area (Å²) in [7, 11) is 1.83. The number of nitrogens with one attached hydrogen (secondary N) is 2. The van der Waals surface area contributed by atoms with Crippen molar-refractivity contribution in [2.75, 3.05) is 18.9 Å². The Hall–Kier alpha value is -2.40. The number of amides is 1. The van der Waals surface area contributed by atoms with Crippen molar-refractivity contribution < 1.29 is 9.53 Å². The summed E-state index contributed by atoms with van der Waals surface area (Å²) >= 11 is 0. The second-order valence-electron chi connectivity index (χ2n) is 5.13. The Bertz CT molecular complexity index is 602. The van der Waals surface area contributed by atoms with Gasteiger partial charge in [-0.1, -0.05) is 19.1 Å². The molecule has 0 aliphatic heterocycles. The maximum atomic E-state index is 12.0. The molecule has 1 aromatic heterocycles. The largest absolute Gasteiger partial charge is 0.489 e. The van der Waals surface area contributed by atoms with E-state index in [0.29, 0.717) is 18.9 Å². The van der Waals surface area contributed by atoms with E-state index in [4.69, 9.17) is 4.74 Å². The minimum atomic E-state index is -0.0926. The van der Waals surface area contributed by atoms with Crippen LogP contribution in [0, 0.1) is 5.92 Å². The van der Waals surface area contributed by atoms with Crippen molar-refractivity contribution in [3.8, 4) is 5.75 Å². The number of ether oxygens (including phenoxy) is 1. The number of hydrogen-bond donors (Lipinski definition) is 2. The number of carbonyl (C=O) groups is 1. The van der Waals surface area contributed by atoms with Gasteiger partial charge in [0.05, 0.1) is 0 Å². The third kappa shape index (κ3) is 4.86. The number of rotatable bonds is 7. The lowest BCUT2D eigenvalue weighted by Gasteiger charge is -2.12. The summed E-state index contributed by atoms with van der Waals surface area (Å²) in [6.45, 7) is 2.97. The second kappa shape index (κ2) is 8.14. The average Bonchev–Trinajstić information content (AvgIpc) is 2.54. The van der Waals surface area contributed by atoms with Crippen LogP contribution in [0.1, 0.15) is 12.5 Å². The van der Waals surface area contributed by atoms with Gasteiger partial charge in [-0.3, -0.25) is 9.78 Å². The van der Waals surface area contributed by atoms with Gasteiger partial charge in [0.1, 0.15) is 12.4 Å². The Morgan fingerprint density at radius 2 is 2.18 bits per heavy atom. The SMILES string of the molecule is CNCC(C)C(=O)Nc1cccc(OCc2cccnc2)c1. The number of benzene rings is 1. The highest BCUT2D eigenvalue weighted by Crippen LogP contribution is 2.19. The van der Waals surface area contributed by atoms with Crippen LogP contribution in [0.3, 0.4) is 0 Å². The summed E-state index contributed by atoms with van der Waals surface area (Å²) in [4.78, 5) is 16.0. The van der Waals surface area contributed by atoms with E-state index in [1.807, 2.05) is 50.4 Å². The smallest absolute Gasteiger partial charge is 0.228 e. The Kier molecular flexibility index (Phi) is 5.91. The van der Waals surface area contributed by atoms with Crippen LogP contribution in [0.15, 0.2) is 48.8 Å². The number of anilines is 1. The summed E-state index contributed by atoms with van der Waals surface area (Å²) < 4.78 is 5.72. The fourth-order valence-electron chi connectivity index (χ4n) is 1.98. The first-order valence-corrected chi connectivity index (χ1v) is 7.26. The van der Waals surface area contributed by atoms with Crippen molar-refractivity contribution >= 4 is 11.6 Å². The van der Waals surface area contributed by atoms with Gasteiger partial charge in [-0.15, -0.1) is 0 Å². The minimum Gasteiger partial charge on any atom is -0.489 e. The molecule has 1 atom stereocenters. The highest BCUT2D eigenvalue weighted by Gasteiger charge is 2.12. The van der Waals surface area contributed by atoms with Crippen molar-refractivity contribution in [2.45, 2.75) is 13.5 Å². The maximum absolute atomic E-state index is 12.0. The summed E-state index contributed by atoms with van der Waals surface area (Å²) in [5.74, 6) is 0.603. The third-order valence-corrected chi connectivity index (χ3v) is 3.19. The molecule has 22 heavy (non-hydrogen) atoms. The monoisotopic (exact) mass is 299 g/mol. The lowest BCUT2D eigenvalue weighted by atomic mass is 10.1. The first-order chi connectivity index (χ1) is 10.7. The van der Waals surface area contributed by atoms with Gasteiger partial charge in [0.2, 0.25) is 5.91 Å². The zero-order valence-electron chi connectivity index (χ0n) is 12.9. The van der Waals surface area contributed by atoms with E-state index in [1.165, 1.54) is 0 Å². The van der Waals surface area contributed by atoms with E-state index in [9.17, 15) is 4.79 Å². The van der Waals surface area contributed by atoms with Crippen LogP contribution >= 0.6 is 0 Å². The van der Waals surface area contributed by atoms with Crippen molar-refractivity contribution in [1.29, 1.82) is 0 Å². The molecule has 0 bridgehead atoms. The van der Waals surface area contributed by atoms with Crippen molar-refractivity contribution in [2.24, 2.45) is 5.92 Å². The van der Waals surface area contributed by atoms with E-state index < -0.39 is 0 Å². The van der Waals surface area contributed by atoms with E-state index >= 15 is 0 Å². The van der Waals surface area contributed by atoms with Gasteiger partial charge in [-0.25, -0.2) is 0 Å². The molecular weight excluding hydrogens is 278 g/mol. The number of carbonyl (C=O) groups excluding carboxylic acids is 1. The normalized spacial score (nSPS) is 11.7. The van der Waals surface area contributed by atoms with E-state index in [0.717, 1.165) is 11.3 Å². The summed E-state index contributed by atoms with van der Waals surface area (Å²) in [5, 5.41) is 5.89. The van der Waals surface area contributed by atoms with Crippen LogP contribution in [0.5, 0.6) is 5.75 Å². The van der Waals surface area contributed by atoms with Crippen LogP contribution in [-0.4, -0.2) is 24.5 Å². The molecule has 5 nitrogen and oxygen atoms in total. The van der Waals surface area contributed by atoms with Crippen LogP contribution in [-0.2, 0) is 11.4 Å².